The molecular weight excluding hydrogens is 174 g/mol. The quantitative estimate of drug-likeness (QED) is 0.741. The molecule has 1 aromatic carbocycles. The number of nitrogens with zero attached hydrogens (tertiary/aromatic N) is 2. The summed E-state index contributed by atoms with van der Waals surface area (Å²) in [6, 6.07) is 10.1. The topological polar surface area (TPSA) is 43.8 Å². The molecule has 1 aromatic heterocycles. The summed E-state index contributed by atoms with van der Waals surface area (Å²) in [6.45, 7) is 2.07. The van der Waals surface area contributed by atoms with Crippen LogP contribution < -0.4 is 5.73 Å². The number of hydrogen-bond acceptors (Lipinski definition) is 2. The average Bonchev–Trinajstić information content (AvgIpc) is 2.47. The number of nitrogen functional groups attached to an aromatic ring is 1. The van der Waals surface area contributed by atoms with E-state index in [0.717, 1.165) is 11.3 Å². The summed E-state index contributed by atoms with van der Waals surface area (Å²) in [5.74, 6) is 0.682. The fourth-order valence-corrected chi connectivity index (χ4v) is 1.43. The Balaban J connectivity index is 2.49. The summed E-state index contributed by atoms with van der Waals surface area (Å²) < 4.78 is 1.68. The standard InChI is InChI=1S/C11H13N3/c1-8-4-3-5-9(6-8)10-7-11(12)14(2)13-10/h3-7H,12H2,1-2H3. The number of anilines is 1. The fraction of sp³-hybridized carbons (Fsp3) is 0.182. The second-order valence-electron chi connectivity index (χ2n) is 3.45. The lowest BCUT2D eigenvalue weighted by molar-refractivity contribution is 0.782. The number of rotatable bonds is 1. The van der Waals surface area contributed by atoms with Gasteiger partial charge in [-0.15, -0.1) is 0 Å². The van der Waals surface area contributed by atoms with Gasteiger partial charge in [0.25, 0.3) is 0 Å². The van der Waals surface area contributed by atoms with Crippen LogP contribution in [0.3, 0.4) is 0 Å². The Kier molecular flexibility index (Phi) is 2.00. The van der Waals surface area contributed by atoms with E-state index >= 15 is 0 Å². The van der Waals surface area contributed by atoms with Crippen LogP contribution in [0.4, 0.5) is 5.82 Å². The Bertz CT molecular complexity index is 438. The van der Waals surface area contributed by atoms with Crippen molar-refractivity contribution in [2.75, 3.05) is 5.73 Å². The second kappa shape index (κ2) is 3.18. The van der Waals surface area contributed by atoms with Gasteiger partial charge in [-0.3, -0.25) is 4.68 Å². The monoisotopic (exact) mass is 187 g/mol. The van der Waals surface area contributed by atoms with Crippen LogP contribution in [0.5, 0.6) is 0 Å². The highest BCUT2D eigenvalue weighted by Crippen LogP contribution is 2.20. The highest BCUT2D eigenvalue weighted by molar-refractivity contribution is 5.62. The molecule has 72 valence electrons. The SMILES string of the molecule is Cc1cccc(-c2cc(N)n(C)n2)c1. The minimum absolute atomic E-state index is 0.682. The van der Waals surface area contributed by atoms with Crippen molar-refractivity contribution in [2.45, 2.75) is 6.92 Å². The summed E-state index contributed by atoms with van der Waals surface area (Å²) in [7, 11) is 1.84. The first-order chi connectivity index (χ1) is 6.66. The van der Waals surface area contributed by atoms with Crippen molar-refractivity contribution >= 4 is 5.82 Å². The minimum Gasteiger partial charge on any atom is -0.384 e. The molecule has 0 saturated carbocycles. The molecule has 0 spiro atoms. The lowest BCUT2D eigenvalue weighted by Gasteiger charge is -1.97. The van der Waals surface area contributed by atoms with Crippen molar-refractivity contribution in [3.8, 4) is 11.3 Å². The first kappa shape index (κ1) is 8.81. The molecule has 0 atom stereocenters. The lowest BCUT2D eigenvalue weighted by Crippen LogP contribution is -1.96. The second-order valence-corrected chi connectivity index (χ2v) is 3.45. The van der Waals surface area contributed by atoms with E-state index in [4.69, 9.17) is 5.73 Å². The van der Waals surface area contributed by atoms with Crippen molar-refractivity contribution in [3.63, 3.8) is 0 Å². The van der Waals surface area contributed by atoms with Gasteiger partial charge in [0.15, 0.2) is 0 Å². The van der Waals surface area contributed by atoms with E-state index in [-0.39, 0.29) is 0 Å². The van der Waals surface area contributed by atoms with Gasteiger partial charge in [-0.2, -0.15) is 5.10 Å². The van der Waals surface area contributed by atoms with E-state index in [0.29, 0.717) is 5.82 Å². The molecular formula is C11H13N3. The molecule has 0 radical (unpaired) electrons. The van der Waals surface area contributed by atoms with E-state index < -0.39 is 0 Å². The van der Waals surface area contributed by atoms with Crippen molar-refractivity contribution in [3.05, 3.63) is 35.9 Å². The van der Waals surface area contributed by atoms with Crippen LogP contribution in [-0.2, 0) is 7.05 Å². The summed E-state index contributed by atoms with van der Waals surface area (Å²) in [4.78, 5) is 0. The molecule has 2 aromatic rings. The van der Waals surface area contributed by atoms with Gasteiger partial charge in [0.05, 0.1) is 5.69 Å². The van der Waals surface area contributed by atoms with Crippen LogP contribution >= 0.6 is 0 Å². The van der Waals surface area contributed by atoms with Crippen LogP contribution in [0.25, 0.3) is 11.3 Å². The van der Waals surface area contributed by atoms with Crippen molar-refractivity contribution in [1.82, 2.24) is 9.78 Å². The zero-order valence-corrected chi connectivity index (χ0v) is 8.36. The Morgan fingerprint density at radius 2 is 2.07 bits per heavy atom. The summed E-state index contributed by atoms with van der Waals surface area (Å²) in [5.41, 5.74) is 8.98. The lowest BCUT2D eigenvalue weighted by atomic mass is 10.1. The number of aryl methyl sites for hydroxylation is 2. The smallest absolute Gasteiger partial charge is 0.121 e. The highest BCUT2D eigenvalue weighted by Gasteiger charge is 2.03. The zero-order valence-electron chi connectivity index (χ0n) is 8.36. The number of benzene rings is 1. The molecule has 14 heavy (non-hydrogen) atoms. The molecule has 0 aliphatic carbocycles. The maximum absolute atomic E-state index is 5.72. The molecule has 0 fully saturated rings. The van der Waals surface area contributed by atoms with E-state index in [9.17, 15) is 0 Å². The first-order valence-electron chi connectivity index (χ1n) is 4.53. The zero-order chi connectivity index (χ0) is 10.1. The van der Waals surface area contributed by atoms with Crippen LogP contribution in [0.15, 0.2) is 30.3 Å². The Labute approximate surface area is 83.2 Å². The number of nitrogens with two attached hydrogens (primary N) is 1. The van der Waals surface area contributed by atoms with E-state index in [1.165, 1.54) is 5.56 Å². The fourth-order valence-electron chi connectivity index (χ4n) is 1.43. The predicted octanol–water partition coefficient (Wildman–Crippen LogP) is 1.98. The highest BCUT2D eigenvalue weighted by atomic mass is 15.3. The minimum atomic E-state index is 0.682. The molecule has 0 aliphatic heterocycles. The van der Waals surface area contributed by atoms with Crippen molar-refractivity contribution in [2.24, 2.45) is 7.05 Å². The Morgan fingerprint density at radius 3 is 2.64 bits per heavy atom. The van der Waals surface area contributed by atoms with Gasteiger partial charge in [-0.05, 0) is 13.0 Å². The normalized spacial score (nSPS) is 10.4. The van der Waals surface area contributed by atoms with Crippen molar-refractivity contribution < 1.29 is 0 Å². The largest absolute Gasteiger partial charge is 0.384 e. The maximum atomic E-state index is 5.72. The molecule has 0 bridgehead atoms. The summed E-state index contributed by atoms with van der Waals surface area (Å²) in [5, 5.41) is 4.31. The molecule has 1 heterocycles. The van der Waals surface area contributed by atoms with Gasteiger partial charge in [0.1, 0.15) is 5.82 Å². The predicted molar refractivity (Wildman–Crippen MR) is 57.8 cm³/mol. The molecule has 2 rings (SSSR count). The van der Waals surface area contributed by atoms with E-state index in [1.807, 2.05) is 25.2 Å². The third kappa shape index (κ3) is 1.48. The van der Waals surface area contributed by atoms with Crippen LogP contribution in [0, 0.1) is 6.92 Å². The number of aromatic nitrogens is 2. The Hall–Kier alpha value is -1.77. The van der Waals surface area contributed by atoms with Gasteiger partial charge in [-0.25, -0.2) is 0 Å². The van der Waals surface area contributed by atoms with Crippen LogP contribution in [-0.4, -0.2) is 9.78 Å². The van der Waals surface area contributed by atoms with E-state index in [1.54, 1.807) is 4.68 Å². The molecule has 2 N–H and O–H groups in total. The molecule has 0 unspecified atom stereocenters. The van der Waals surface area contributed by atoms with Crippen LogP contribution in [0.2, 0.25) is 0 Å². The summed E-state index contributed by atoms with van der Waals surface area (Å²) in [6.07, 6.45) is 0. The molecule has 0 aliphatic rings. The first-order valence-corrected chi connectivity index (χ1v) is 4.53. The number of hydrogen-bond donors (Lipinski definition) is 1. The van der Waals surface area contributed by atoms with Gasteiger partial charge < -0.3 is 5.73 Å². The van der Waals surface area contributed by atoms with Gasteiger partial charge >= 0.3 is 0 Å². The molecule has 3 heteroatoms. The molecule has 3 nitrogen and oxygen atoms in total. The van der Waals surface area contributed by atoms with Crippen LogP contribution in [0.1, 0.15) is 5.56 Å². The summed E-state index contributed by atoms with van der Waals surface area (Å²) >= 11 is 0. The molecule has 0 amide bonds. The van der Waals surface area contributed by atoms with Gasteiger partial charge in [0, 0.05) is 18.7 Å². The van der Waals surface area contributed by atoms with Crippen molar-refractivity contribution in [1.29, 1.82) is 0 Å². The molecule has 0 saturated heterocycles. The third-order valence-corrected chi connectivity index (χ3v) is 2.23. The van der Waals surface area contributed by atoms with Gasteiger partial charge in [-0.1, -0.05) is 23.8 Å². The third-order valence-electron chi connectivity index (χ3n) is 2.23. The van der Waals surface area contributed by atoms with Gasteiger partial charge in [0.2, 0.25) is 0 Å². The maximum Gasteiger partial charge on any atom is 0.121 e. The van der Waals surface area contributed by atoms with E-state index in [2.05, 4.69) is 24.2 Å². The average molecular weight is 187 g/mol. The Morgan fingerprint density at radius 1 is 1.29 bits per heavy atom.